The molecule has 0 atom stereocenters. The monoisotopic (exact) mass is 281 g/mol. The number of benzene rings is 1. The lowest BCUT2D eigenvalue weighted by Crippen LogP contribution is -2.50. The number of rotatable bonds is 2. The predicted molar refractivity (Wildman–Crippen MR) is 65.7 cm³/mol. The van der Waals surface area contributed by atoms with Crippen LogP contribution < -0.4 is 10.1 Å². The van der Waals surface area contributed by atoms with E-state index in [2.05, 4.69) is 26.3 Å². The number of nitrogens with zero attached hydrogens (tertiary/aromatic N) is 2. The molecule has 0 bridgehead atoms. The fourth-order valence-electron chi connectivity index (χ4n) is 1.78. The van der Waals surface area contributed by atoms with Gasteiger partial charge in [-0.05, 0) is 12.1 Å². The Balaban J connectivity index is 2.05. The van der Waals surface area contributed by atoms with Crippen molar-refractivity contribution in [3.8, 4) is 5.75 Å². The van der Waals surface area contributed by atoms with Gasteiger partial charge >= 0.3 is 0 Å². The molecule has 3 rings (SSSR count). The first kappa shape index (κ1) is 10.1. The highest BCUT2D eigenvalue weighted by molar-refractivity contribution is 9.10. The van der Waals surface area contributed by atoms with E-state index in [1.807, 2.05) is 25.4 Å². The van der Waals surface area contributed by atoms with Gasteiger partial charge in [0.25, 0.3) is 0 Å². The molecule has 1 fully saturated rings. The summed E-state index contributed by atoms with van der Waals surface area (Å²) in [6.45, 7) is 1.84. The Morgan fingerprint density at radius 1 is 1.50 bits per heavy atom. The third kappa shape index (κ3) is 1.60. The van der Waals surface area contributed by atoms with Crippen molar-refractivity contribution < 1.29 is 4.74 Å². The van der Waals surface area contributed by atoms with E-state index in [-0.39, 0.29) is 6.10 Å². The molecule has 0 aliphatic carbocycles. The first-order chi connectivity index (χ1) is 7.74. The topological polar surface area (TPSA) is 39.1 Å². The molecule has 0 radical (unpaired) electrons. The Morgan fingerprint density at radius 2 is 2.31 bits per heavy atom. The van der Waals surface area contributed by atoms with E-state index >= 15 is 0 Å². The van der Waals surface area contributed by atoms with Crippen molar-refractivity contribution in [2.75, 3.05) is 13.1 Å². The van der Waals surface area contributed by atoms with Crippen molar-refractivity contribution in [1.82, 2.24) is 15.1 Å². The van der Waals surface area contributed by atoms with Gasteiger partial charge in [-0.1, -0.05) is 15.9 Å². The van der Waals surface area contributed by atoms with E-state index in [1.165, 1.54) is 0 Å². The molecule has 0 unspecified atom stereocenters. The normalized spacial score (nSPS) is 16.4. The van der Waals surface area contributed by atoms with Crippen molar-refractivity contribution in [2.45, 2.75) is 6.10 Å². The summed E-state index contributed by atoms with van der Waals surface area (Å²) >= 11 is 3.52. The second-order valence-electron chi connectivity index (χ2n) is 4.01. The molecular weight excluding hydrogens is 270 g/mol. The first-order valence-electron chi connectivity index (χ1n) is 5.23. The Kier molecular flexibility index (Phi) is 2.37. The minimum atomic E-state index is 0.284. The standard InChI is InChI=1S/C11H12BrN3O/c1-15-6-8-9(12)2-3-10(11(8)14-15)16-7-4-13-5-7/h2-3,6-7,13H,4-5H2,1H3. The predicted octanol–water partition coefficient (Wildman–Crippen LogP) is 1.69. The molecule has 0 amide bonds. The van der Waals surface area contributed by atoms with Crippen LogP contribution in [0.2, 0.25) is 0 Å². The maximum absolute atomic E-state index is 5.87. The Morgan fingerprint density at radius 3 is 3.00 bits per heavy atom. The molecule has 1 aliphatic heterocycles. The second kappa shape index (κ2) is 3.75. The fraction of sp³-hybridized carbons (Fsp3) is 0.364. The Bertz CT molecular complexity index is 533. The van der Waals surface area contributed by atoms with Gasteiger partial charge in [0.15, 0.2) is 0 Å². The van der Waals surface area contributed by atoms with Crippen LogP contribution in [0.4, 0.5) is 0 Å². The number of fused-ring (bicyclic) bond motifs is 1. The molecule has 2 aromatic rings. The highest BCUT2D eigenvalue weighted by atomic mass is 79.9. The number of hydrogen-bond acceptors (Lipinski definition) is 3. The zero-order valence-electron chi connectivity index (χ0n) is 8.90. The van der Waals surface area contributed by atoms with Gasteiger partial charge < -0.3 is 10.1 Å². The van der Waals surface area contributed by atoms with Gasteiger partial charge in [-0.25, -0.2) is 0 Å². The number of hydrogen-bond donors (Lipinski definition) is 1. The van der Waals surface area contributed by atoms with Crippen LogP contribution in [0.15, 0.2) is 22.8 Å². The summed E-state index contributed by atoms with van der Waals surface area (Å²) in [5, 5.41) is 8.70. The third-order valence-corrected chi connectivity index (χ3v) is 3.43. The van der Waals surface area contributed by atoms with Crippen molar-refractivity contribution in [1.29, 1.82) is 0 Å². The molecule has 2 heterocycles. The van der Waals surface area contributed by atoms with Crippen LogP contribution in [0.1, 0.15) is 0 Å². The molecular formula is C11H12BrN3O. The van der Waals surface area contributed by atoms with Gasteiger partial charge in [0.2, 0.25) is 0 Å². The van der Waals surface area contributed by atoms with Crippen LogP contribution in [0.3, 0.4) is 0 Å². The van der Waals surface area contributed by atoms with Crippen LogP contribution in [-0.4, -0.2) is 29.0 Å². The molecule has 1 saturated heterocycles. The summed E-state index contributed by atoms with van der Waals surface area (Å²) < 4.78 is 8.73. The highest BCUT2D eigenvalue weighted by Gasteiger charge is 2.20. The maximum Gasteiger partial charge on any atom is 0.148 e. The zero-order chi connectivity index (χ0) is 11.1. The highest BCUT2D eigenvalue weighted by Crippen LogP contribution is 2.31. The second-order valence-corrected chi connectivity index (χ2v) is 4.86. The average Bonchev–Trinajstić information content (AvgIpc) is 2.57. The smallest absolute Gasteiger partial charge is 0.148 e. The summed E-state index contributed by atoms with van der Waals surface area (Å²) in [5.74, 6) is 0.866. The van der Waals surface area contributed by atoms with Crippen molar-refractivity contribution in [3.05, 3.63) is 22.8 Å². The number of halogens is 1. The molecule has 84 valence electrons. The largest absolute Gasteiger partial charge is 0.485 e. The molecule has 16 heavy (non-hydrogen) atoms. The Labute approximate surface area is 102 Å². The molecule has 1 aliphatic rings. The van der Waals surface area contributed by atoms with Crippen LogP contribution in [0.25, 0.3) is 10.9 Å². The van der Waals surface area contributed by atoms with E-state index in [9.17, 15) is 0 Å². The van der Waals surface area contributed by atoms with Gasteiger partial charge in [0, 0.05) is 36.2 Å². The summed E-state index contributed by atoms with van der Waals surface area (Å²) in [6, 6.07) is 3.98. The summed E-state index contributed by atoms with van der Waals surface area (Å²) in [7, 11) is 1.92. The van der Waals surface area contributed by atoms with Crippen LogP contribution >= 0.6 is 15.9 Å². The number of aryl methyl sites for hydroxylation is 1. The average molecular weight is 282 g/mol. The van der Waals surface area contributed by atoms with E-state index in [1.54, 1.807) is 4.68 Å². The molecule has 0 saturated carbocycles. The van der Waals surface area contributed by atoms with Gasteiger partial charge in [0.1, 0.15) is 17.4 Å². The van der Waals surface area contributed by atoms with E-state index in [0.717, 1.165) is 34.2 Å². The van der Waals surface area contributed by atoms with Crippen molar-refractivity contribution >= 4 is 26.8 Å². The van der Waals surface area contributed by atoms with Gasteiger partial charge in [-0.2, -0.15) is 5.10 Å². The molecule has 0 spiro atoms. The zero-order valence-corrected chi connectivity index (χ0v) is 10.5. The number of aromatic nitrogens is 2. The SMILES string of the molecule is Cn1cc2c(Br)ccc(OC3CNC3)c2n1. The van der Waals surface area contributed by atoms with Gasteiger partial charge in [-0.3, -0.25) is 4.68 Å². The minimum Gasteiger partial charge on any atom is -0.485 e. The molecule has 1 aromatic carbocycles. The van der Waals surface area contributed by atoms with Crippen LogP contribution in [0, 0.1) is 0 Å². The van der Waals surface area contributed by atoms with Crippen molar-refractivity contribution in [2.24, 2.45) is 7.05 Å². The lowest BCUT2D eigenvalue weighted by Gasteiger charge is -2.27. The minimum absolute atomic E-state index is 0.284. The Hall–Kier alpha value is -1.07. The van der Waals surface area contributed by atoms with Gasteiger partial charge in [-0.15, -0.1) is 0 Å². The van der Waals surface area contributed by atoms with Crippen LogP contribution in [0.5, 0.6) is 5.75 Å². The van der Waals surface area contributed by atoms with E-state index in [0.29, 0.717) is 0 Å². The molecule has 5 heteroatoms. The first-order valence-corrected chi connectivity index (χ1v) is 6.02. The number of nitrogens with one attached hydrogen (secondary N) is 1. The summed E-state index contributed by atoms with van der Waals surface area (Å²) in [5.41, 5.74) is 0.920. The lowest BCUT2D eigenvalue weighted by atomic mass is 10.2. The molecule has 4 nitrogen and oxygen atoms in total. The molecule has 1 aromatic heterocycles. The lowest BCUT2D eigenvalue weighted by molar-refractivity contribution is 0.144. The van der Waals surface area contributed by atoms with Gasteiger partial charge in [0.05, 0.1) is 0 Å². The summed E-state index contributed by atoms with van der Waals surface area (Å²) in [6.07, 6.45) is 2.28. The third-order valence-electron chi connectivity index (χ3n) is 2.74. The quantitative estimate of drug-likeness (QED) is 0.911. The fourth-order valence-corrected chi connectivity index (χ4v) is 2.21. The maximum atomic E-state index is 5.87. The number of ether oxygens (including phenoxy) is 1. The van der Waals surface area contributed by atoms with Crippen LogP contribution in [-0.2, 0) is 7.05 Å². The van der Waals surface area contributed by atoms with E-state index in [4.69, 9.17) is 4.74 Å². The van der Waals surface area contributed by atoms with E-state index < -0.39 is 0 Å². The molecule has 1 N–H and O–H groups in total. The van der Waals surface area contributed by atoms with Crippen molar-refractivity contribution in [3.63, 3.8) is 0 Å². The summed E-state index contributed by atoms with van der Waals surface area (Å²) in [4.78, 5) is 0.